The number of fused-ring (bicyclic) bond motifs is 1. The molecular weight excluding hydrogens is 372 g/mol. The van der Waals surface area contributed by atoms with E-state index in [-0.39, 0.29) is 12.7 Å². The Morgan fingerprint density at radius 1 is 1.35 bits per heavy atom. The number of carbonyl (C=O) groups is 1. The minimum atomic E-state index is -0.118. The normalized spacial score (nSPS) is 19.0. The van der Waals surface area contributed by atoms with Crippen molar-refractivity contribution in [3.63, 3.8) is 0 Å². The Hall–Kier alpha value is -2.65. The third kappa shape index (κ3) is 3.23. The molecule has 26 heavy (non-hydrogen) atoms. The SMILES string of the molecule is C=CCN1C(=O)/C(=C\c2ccc3c(c2)OCO3)S/C1=N\c1nnc(C)s1. The van der Waals surface area contributed by atoms with Crippen LogP contribution in [-0.2, 0) is 4.79 Å². The molecule has 132 valence electrons. The van der Waals surface area contributed by atoms with Crippen molar-refractivity contribution in [2.24, 2.45) is 4.99 Å². The van der Waals surface area contributed by atoms with Gasteiger partial charge in [-0.05, 0) is 42.5 Å². The van der Waals surface area contributed by atoms with Crippen LogP contribution in [0.1, 0.15) is 10.6 Å². The third-order valence-corrected chi connectivity index (χ3v) is 5.34. The van der Waals surface area contributed by atoms with Crippen molar-refractivity contribution in [2.45, 2.75) is 6.92 Å². The van der Waals surface area contributed by atoms with E-state index in [9.17, 15) is 4.79 Å². The Kier molecular flexibility index (Phi) is 4.48. The summed E-state index contributed by atoms with van der Waals surface area (Å²) in [6.07, 6.45) is 3.49. The molecule has 0 saturated carbocycles. The predicted octanol–water partition coefficient (Wildman–Crippen LogP) is 3.37. The second-order valence-electron chi connectivity index (χ2n) is 5.43. The molecule has 4 rings (SSSR count). The molecule has 1 amide bonds. The van der Waals surface area contributed by atoms with E-state index in [1.165, 1.54) is 23.1 Å². The molecule has 7 nitrogen and oxygen atoms in total. The van der Waals surface area contributed by atoms with Crippen LogP contribution in [0.5, 0.6) is 11.5 Å². The van der Waals surface area contributed by atoms with Gasteiger partial charge in [0, 0.05) is 6.54 Å². The first-order valence-corrected chi connectivity index (χ1v) is 9.38. The Balaban J connectivity index is 1.66. The van der Waals surface area contributed by atoms with E-state index in [0.29, 0.717) is 33.2 Å². The molecule has 0 aliphatic carbocycles. The molecule has 0 N–H and O–H groups in total. The minimum Gasteiger partial charge on any atom is -0.454 e. The zero-order valence-corrected chi connectivity index (χ0v) is 15.5. The van der Waals surface area contributed by atoms with Gasteiger partial charge >= 0.3 is 0 Å². The van der Waals surface area contributed by atoms with E-state index < -0.39 is 0 Å². The van der Waals surface area contributed by atoms with E-state index in [0.717, 1.165) is 10.6 Å². The average Bonchev–Trinajstić information content (AvgIpc) is 3.31. The van der Waals surface area contributed by atoms with E-state index in [1.54, 1.807) is 11.0 Å². The summed E-state index contributed by atoms with van der Waals surface area (Å²) in [6.45, 7) is 6.17. The lowest BCUT2D eigenvalue weighted by molar-refractivity contribution is -0.121. The number of amidine groups is 1. The first-order valence-electron chi connectivity index (χ1n) is 7.75. The Labute approximate surface area is 158 Å². The molecule has 0 radical (unpaired) electrons. The second-order valence-corrected chi connectivity index (χ2v) is 7.60. The fourth-order valence-corrected chi connectivity index (χ4v) is 4.06. The van der Waals surface area contributed by atoms with Gasteiger partial charge in [-0.15, -0.1) is 16.8 Å². The molecule has 0 bridgehead atoms. The summed E-state index contributed by atoms with van der Waals surface area (Å²) in [5, 5.41) is 9.87. The van der Waals surface area contributed by atoms with Crippen molar-refractivity contribution in [1.82, 2.24) is 15.1 Å². The molecule has 1 saturated heterocycles. The summed E-state index contributed by atoms with van der Waals surface area (Å²) >= 11 is 2.68. The van der Waals surface area contributed by atoms with E-state index >= 15 is 0 Å². The molecule has 1 aromatic heterocycles. The number of nitrogens with zero attached hydrogens (tertiary/aromatic N) is 4. The van der Waals surface area contributed by atoms with Gasteiger partial charge in [0.2, 0.25) is 11.9 Å². The number of benzene rings is 1. The smallest absolute Gasteiger partial charge is 0.267 e. The monoisotopic (exact) mass is 386 g/mol. The predicted molar refractivity (Wildman–Crippen MR) is 102 cm³/mol. The maximum atomic E-state index is 12.8. The van der Waals surface area contributed by atoms with Crippen LogP contribution in [0.3, 0.4) is 0 Å². The fourth-order valence-electron chi connectivity index (χ4n) is 2.45. The van der Waals surface area contributed by atoms with Crippen molar-refractivity contribution in [1.29, 1.82) is 0 Å². The van der Waals surface area contributed by atoms with Gasteiger partial charge in [0.15, 0.2) is 16.7 Å². The van der Waals surface area contributed by atoms with E-state index in [4.69, 9.17) is 9.47 Å². The molecule has 1 aromatic carbocycles. The quantitative estimate of drug-likeness (QED) is 0.592. The largest absolute Gasteiger partial charge is 0.454 e. The highest BCUT2D eigenvalue weighted by atomic mass is 32.2. The number of thioether (sulfide) groups is 1. The van der Waals surface area contributed by atoms with Gasteiger partial charge in [-0.25, -0.2) is 0 Å². The summed E-state index contributed by atoms with van der Waals surface area (Å²) in [4.78, 5) is 19.4. The fraction of sp³-hybridized carbons (Fsp3) is 0.176. The lowest BCUT2D eigenvalue weighted by Gasteiger charge is -2.11. The topological polar surface area (TPSA) is 76.9 Å². The molecule has 9 heteroatoms. The summed E-state index contributed by atoms with van der Waals surface area (Å²) in [5.74, 6) is 1.27. The number of aromatic nitrogens is 2. The van der Waals surface area contributed by atoms with Gasteiger partial charge < -0.3 is 9.47 Å². The number of amides is 1. The number of carbonyl (C=O) groups excluding carboxylic acids is 1. The average molecular weight is 386 g/mol. The molecule has 3 heterocycles. The summed E-state index contributed by atoms with van der Waals surface area (Å²) in [7, 11) is 0. The second kappa shape index (κ2) is 6.93. The molecule has 0 atom stereocenters. The van der Waals surface area contributed by atoms with Crippen LogP contribution in [-0.4, -0.2) is 39.5 Å². The van der Waals surface area contributed by atoms with Crippen LogP contribution in [0.2, 0.25) is 0 Å². The number of aryl methyl sites for hydroxylation is 1. The van der Waals surface area contributed by atoms with Gasteiger partial charge in [-0.1, -0.05) is 23.5 Å². The van der Waals surface area contributed by atoms with Crippen LogP contribution in [0.25, 0.3) is 6.08 Å². The van der Waals surface area contributed by atoms with Crippen LogP contribution >= 0.6 is 23.1 Å². The number of aliphatic imine (C=N–C) groups is 1. The summed E-state index contributed by atoms with van der Waals surface area (Å²) in [5.41, 5.74) is 0.858. The standard InChI is InChI=1S/C17H14N4O3S2/c1-3-6-21-15(22)14(26-17(21)18-16-20-19-10(2)25-16)8-11-4-5-12-13(7-11)24-9-23-12/h3-5,7-8H,1,6,9H2,2H3/b14-8+,18-17-. The number of hydrogen-bond acceptors (Lipinski definition) is 8. The zero-order chi connectivity index (χ0) is 18.1. The Bertz CT molecular complexity index is 951. The van der Waals surface area contributed by atoms with Gasteiger partial charge in [0.25, 0.3) is 5.91 Å². The van der Waals surface area contributed by atoms with Crippen LogP contribution in [0.4, 0.5) is 5.13 Å². The molecule has 2 aliphatic heterocycles. The van der Waals surface area contributed by atoms with Gasteiger partial charge in [0.1, 0.15) is 5.01 Å². The van der Waals surface area contributed by atoms with E-state index in [2.05, 4.69) is 21.8 Å². The van der Waals surface area contributed by atoms with Crippen molar-refractivity contribution < 1.29 is 14.3 Å². The molecule has 0 spiro atoms. The van der Waals surface area contributed by atoms with E-state index in [1.807, 2.05) is 31.2 Å². The van der Waals surface area contributed by atoms with Gasteiger partial charge in [-0.2, -0.15) is 4.99 Å². The molecule has 2 aliphatic rings. The molecule has 0 unspecified atom stereocenters. The summed E-state index contributed by atoms with van der Waals surface area (Å²) in [6, 6.07) is 5.57. The third-order valence-electron chi connectivity index (χ3n) is 3.60. The van der Waals surface area contributed by atoms with Crippen LogP contribution in [0.15, 0.2) is 40.8 Å². The molecule has 1 fully saturated rings. The van der Waals surface area contributed by atoms with Gasteiger partial charge in [-0.3, -0.25) is 9.69 Å². The van der Waals surface area contributed by atoms with Crippen molar-refractivity contribution in [3.8, 4) is 11.5 Å². The first-order chi connectivity index (χ1) is 12.6. The molecular formula is C17H14N4O3S2. The van der Waals surface area contributed by atoms with Crippen molar-refractivity contribution in [3.05, 3.63) is 46.3 Å². The van der Waals surface area contributed by atoms with Crippen LogP contribution < -0.4 is 9.47 Å². The van der Waals surface area contributed by atoms with Gasteiger partial charge in [0.05, 0.1) is 4.91 Å². The number of ether oxygens (including phenoxy) is 2. The minimum absolute atomic E-state index is 0.118. The van der Waals surface area contributed by atoms with Crippen molar-refractivity contribution in [2.75, 3.05) is 13.3 Å². The highest BCUT2D eigenvalue weighted by Gasteiger charge is 2.33. The Morgan fingerprint density at radius 2 is 2.19 bits per heavy atom. The van der Waals surface area contributed by atoms with Crippen molar-refractivity contribution >= 4 is 45.4 Å². The highest BCUT2D eigenvalue weighted by Crippen LogP contribution is 2.37. The lowest BCUT2D eigenvalue weighted by atomic mass is 10.2. The summed E-state index contributed by atoms with van der Waals surface area (Å²) < 4.78 is 10.7. The lowest BCUT2D eigenvalue weighted by Crippen LogP contribution is -2.29. The zero-order valence-electron chi connectivity index (χ0n) is 13.8. The maximum Gasteiger partial charge on any atom is 0.267 e. The molecule has 2 aromatic rings. The maximum absolute atomic E-state index is 12.8. The number of rotatable bonds is 4. The first kappa shape index (κ1) is 16.8. The highest BCUT2D eigenvalue weighted by molar-refractivity contribution is 8.18. The Morgan fingerprint density at radius 3 is 2.96 bits per heavy atom. The number of hydrogen-bond donors (Lipinski definition) is 0. The van der Waals surface area contributed by atoms with Crippen LogP contribution in [0, 0.1) is 6.92 Å².